The number of sulfone groups is 1. The highest BCUT2D eigenvalue weighted by Crippen LogP contribution is 2.29. The van der Waals surface area contributed by atoms with E-state index in [1.54, 1.807) is 18.2 Å². The molecule has 1 aliphatic carbocycles. The number of hydrogen-bond donors (Lipinski definition) is 1. The van der Waals surface area contributed by atoms with E-state index in [0.717, 1.165) is 12.8 Å². The van der Waals surface area contributed by atoms with Gasteiger partial charge in [0.15, 0.2) is 11.5 Å². The third-order valence-electron chi connectivity index (χ3n) is 2.95. The molecular weight excluding hydrogens is 268 g/mol. The molecule has 7 heteroatoms. The van der Waals surface area contributed by atoms with Crippen molar-refractivity contribution in [1.82, 2.24) is 4.98 Å². The largest absolute Gasteiger partial charge is 0.428 e. The van der Waals surface area contributed by atoms with Gasteiger partial charge in [-0.1, -0.05) is 0 Å². The average Bonchev–Trinajstić information content (AvgIpc) is 3.06. The first-order valence-electron chi connectivity index (χ1n) is 6.01. The fraction of sp³-hybridized carbons (Fsp3) is 0.417. The van der Waals surface area contributed by atoms with Crippen LogP contribution in [-0.4, -0.2) is 25.9 Å². The molecular formula is C12H14N2O4S. The number of nitrogens with two attached hydrogens (primary N) is 1. The molecule has 1 aromatic carbocycles. The van der Waals surface area contributed by atoms with E-state index in [4.69, 9.17) is 14.9 Å². The Morgan fingerprint density at radius 3 is 2.95 bits per heavy atom. The van der Waals surface area contributed by atoms with Crippen LogP contribution in [0.15, 0.2) is 27.8 Å². The first kappa shape index (κ1) is 12.4. The summed E-state index contributed by atoms with van der Waals surface area (Å²) < 4.78 is 34.4. The number of aromatic nitrogens is 1. The number of oxazole rings is 1. The summed E-state index contributed by atoms with van der Waals surface area (Å²) >= 11 is 0. The third-order valence-corrected chi connectivity index (χ3v) is 4.13. The van der Waals surface area contributed by atoms with Gasteiger partial charge in [-0.25, -0.2) is 8.42 Å². The summed E-state index contributed by atoms with van der Waals surface area (Å²) in [5, 5.41) is -0.316. The van der Waals surface area contributed by atoms with Gasteiger partial charge >= 0.3 is 5.22 Å². The van der Waals surface area contributed by atoms with E-state index in [0.29, 0.717) is 29.3 Å². The molecule has 6 nitrogen and oxygen atoms in total. The molecule has 1 aliphatic rings. The number of benzene rings is 1. The maximum Gasteiger partial charge on any atom is 0.318 e. The number of nitrogens with zero attached hydrogens (tertiary/aromatic N) is 1. The quantitative estimate of drug-likeness (QED) is 0.836. The average molecular weight is 282 g/mol. The first-order valence-corrected chi connectivity index (χ1v) is 7.66. The van der Waals surface area contributed by atoms with E-state index in [1.165, 1.54) is 0 Å². The Morgan fingerprint density at radius 1 is 1.42 bits per heavy atom. The van der Waals surface area contributed by atoms with Gasteiger partial charge in [-0.05, 0) is 37.0 Å². The van der Waals surface area contributed by atoms with Crippen LogP contribution in [0.3, 0.4) is 0 Å². The smallest absolute Gasteiger partial charge is 0.318 e. The minimum absolute atomic E-state index is 0.316. The van der Waals surface area contributed by atoms with Crippen molar-refractivity contribution in [3.05, 3.63) is 18.2 Å². The standard InChI is InChI=1S/C12H14N2O4S/c13-9-3-4-11-10(5-9)14-12(18-11)19(15,16)7-17-6-8-1-2-8/h3-5,8H,1-2,6-7,13H2. The van der Waals surface area contributed by atoms with Crippen molar-refractivity contribution >= 4 is 26.6 Å². The second-order valence-electron chi connectivity index (χ2n) is 4.75. The van der Waals surface area contributed by atoms with E-state index in [2.05, 4.69) is 4.98 Å². The lowest BCUT2D eigenvalue weighted by Gasteiger charge is -2.01. The second-order valence-corrected chi connectivity index (χ2v) is 6.57. The summed E-state index contributed by atoms with van der Waals surface area (Å²) in [6.45, 7) is 0.479. The zero-order chi connectivity index (χ0) is 13.5. The van der Waals surface area contributed by atoms with E-state index in [1.807, 2.05) is 0 Å². The normalized spacial score (nSPS) is 16.0. The van der Waals surface area contributed by atoms with Gasteiger partial charge in [0.2, 0.25) is 0 Å². The van der Waals surface area contributed by atoms with Crippen molar-refractivity contribution in [2.45, 2.75) is 18.1 Å². The van der Waals surface area contributed by atoms with E-state index < -0.39 is 15.8 Å². The van der Waals surface area contributed by atoms with Crippen LogP contribution in [0.2, 0.25) is 0 Å². The van der Waals surface area contributed by atoms with Crippen molar-refractivity contribution in [3.8, 4) is 0 Å². The lowest BCUT2D eigenvalue weighted by atomic mass is 10.3. The molecule has 1 saturated carbocycles. The van der Waals surface area contributed by atoms with E-state index >= 15 is 0 Å². The molecule has 0 bridgehead atoms. The first-order chi connectivity index (χ1) is 9.04. The molecule has 0 unspecified atom stereocenters. The Morgan fingerprint density at radius 2 is 2.21 bits per heavy atom. The molecule has 0 spiro atoms. The fourth-order valence-electron chi connectivity index (χ4n) is 1.72. The van der Waals surface area contributed by atoms with E-state index in [-0.39, 0.29) is 5.22 Å². The van der Waals surface area contributed by atoms with Crippen LogP contribution in [0.5, 0.6) is 0 Å². The Kier molecular flexibility index (Phi) is 2.94. The van der Waals surface area contributed by atoms with Gasteiger partial charge in [-0.2, -0.15) is 4.98 Å². The zero-order valence-corrected chi connectivity index (χ0v) is 11.0. The summed E-state index contributed by atoms with van der Waals surface area (Å²) in [4.78, 5) is 3.94. The number of fused-ring (bicyclic) bond motifs is 1. The zero-order valence-electron chi connectivity index (χ0n) is 10.2. The molecule has 1 fully saturated rings. The molecule has 0 aliphatic heterocycles. The van der Waals surface area contributed by atoms with Crippen molar-refractivity contribution in [3.63, 3.8) is 0 Å². The van der Waals surface area contributed by atoms with Crippen LogP contribution in [0, 0.1) is 5.92 Å². The summed E-state index contributed by atoms with van der Waals surface area (Å²) in [5.41, 5.74) is 6.95. The number of nitrogen functional groups attached to an aromatic ring is 1. The Balaban J connectivity index is 1.80. The van der Waals surface area contributed by atoms with Crippen LogP contribution in [0.4, 0.5) is 5.69 Å². The van der Waals surface area contributed by atoms with Crippen LogP contribution < -0.4 is 5.73 Å². The second kappa shape index (κ2) is 4.50. The predicted molar refractivity (Wildman–Crippen MR) is 69.2 cm³/mol. The highest BCUT2D eigenvalue weighted by Gasteiger charge is 2.25. The molecule has 1 aromatic heterocycles. The maximum atomic E-state index is 12.0. The third kappa shape index (κ3) is 2.71. The fourth-order valence-corrected chi connectivity index (χ4v) is 2.59. The minimum atomic E-state index is -3.64. The summed E-state index contributed by atoms with van der Waals surface area (Å²) in [6.07, 6.45) is 2.23. The number of anilines is 1. The van der Waals surface area contributed by atoms with Gasteiger partial charge in [0.05, 0.1) is 6.61 Å². The highest BCUT2D eigenvalue weighted by molar-refractivity contribution is 7.91. The molecule has 0 saturated heterocycles. The van der Waals surface area contributed by atoms with Crippen molar-refractivity contribution in [2.24, 2.45) is 5.92 Å². The number of ether oxygens (including phenoxy) is 1. The molecule has 2 aromatic rings. The van der Waals surface area contributed by atoms with E-state index in [9.17, 15) is 8.42 Å². The molecule has 0 radical (unpaired) electrons. The Bertz CT molecular complexity index is 704. The summed E-state index contributed by atoms with van der Waals surface area (Å²) in [7, 11) is -3.64. The SMILES string of the molecule is Nc1ccc2oc(S(=O)(=O)COCC3CC3)nc2c1. The lowest BCUT2D eigenvalue weighted by Crippen LogP contribution is -2.11. The van der Waals surface area contributed by atoms with Crippen molar-refractivity contribution < 1.29 is 17.6 Å². The predicted octanol–water partition coefficient (Wildman–Crippen LogP) is 1.57. The molecule has 19 heavy (non-hydrogen) atoms. The Labute approximate surface area is 110 Å². The molecule has 0 atom stereocenters. The molecule has 1 heterocycles. The van der Waals surface area contributed by atoms with Crippen molar-refractivity contribution in [1.29, 1.82) is 0 Å². The van der Waals surface area contributed by atoms with Crippen molar-refractivity contribution in [2.75, 3.05) is 18.3 Å². The Hall–Kier alpha value is -1.60. The summed E-state index contributed by atoms with van der Waals surface area (Å²) in [5.74, 6) is 0.116. The monoisotopic (exact) mass is 282 g/mol. The van der Waals surface area contributed by atoms with Gasteiger partial charge in [-0.15, -0.1) is 0 Å². The lowest BCUT2D eigenvalue weighted by molar-refractivity contribution is 0.164. The molecule has 2 N–H and O–H groups in total. The van der Waals surface area contributed by atoms with Gasteiger partial charge in [0, 0.05) is 5.69 Å². The molecule has 3 rings (SSSR count). The maximum absolute atomic E-state index is 12.0. The van der Waals surface area contributed by atoms with Gasteiger partial charge in [0.25, 0.3) is 9.84 Å². The molecule has 102 valence electrons. The van der Waals surface area contributed by atoms with Crippen LogP contribution in [0.1, 0.15) is 12.8 Å². The van der Waals surface area contributed by atoms with Crippen LogP contribution in [0.25, 0.3) is 11.1 Å². The number of rotatable bonds is 5. The topological polar surface area (TPSA) is 95.4 Å². The molecule has 0 amide bonds. The van der Waals surface area contributed by atoms with Gasteiger partial charge in [0.1, 0.15) is 5.52 Å². The van der Waals surface area contributed by atoms with Crippen LogP contribution >= 0.6 is 0 Å². The van der Waals surface area contributed by atoms with Gasteiger partial charge in [-0.3, -0.25) is 0 Å². The minimum Gasteiger partial charge on any atom is -0.428 e. The highest BCUT2D eigenvalue weighted by atomic mass is 32.2. The number of hydrogen-bond acceptors (Lipinski definition) is 6. The summed E-state index contributed by atoms with van der Waals surface area (Å²) in [6, 6.07) is 4.80. The van der Waals surface area contributed by atoms with Gasteiger partial charge < -0.3 is 14.9 Å². The van der Waals surface area contributed by atoms with Crippen LogP contribution in [-0.2, 0) is 14.6 Å².